The molecule has 2 aromatic rings. The topological polar surface area (TPSA) is 81.6 Å². The van der Waals surface area contributed by atoms with E-state index >= 15 is 0 Å². The molecular formula is C20H29IN6OS. The Morgan fingerprint density at radius 1 is 1.24 bits per heavy atom. The molecule has 0 atom stereocenters. The second-order valence-electron chi connectivity index (χ2n) is 6.68. The van der Waals surface area contributed by atoms with Crippen LogP contribution in [0.25, 0.3) is 0 Å². The molecule has 0 aliphatic carbocycles. The number of halogens is 1. The first-order valence-electron chi connectivity index (χ1n) is 9.71. The molecule has 29 heavy (non-hydrogen) atoms. The summed E-state index contributed by atoms with van der Waals surface area (Å²) in [6.07, 6.45) is 5.11. The molecule has 7 nitrogen and oxygen atoms in total. The van der Waals surface area contributed by atoms with E-state index in [1.54, 1.807) is 18.4 Å². The second kappa shape index (κ2) is 12.0. The Balaban J connectivity index is 0.00000300. The largest absolute Gasteiger partial charge is 0.352 e. The van der Waals surface area contributed by atoms with Gasteiger partial charge in [-0.05, 0) is 37.0 Å². The number of anilines is 1. The monoisotopic (exact) mass is 528 g/mol. The molecule has 3 N–H and O–H groups in total. The molecule has 1 saturated heterocycles. The predicted molar refractivity (Wildman–Crippen MR) is 130 cm³/mol. The fourth-order valence-corrected chi connectivity index (χ4v) is 3.84. The number of hydrogen-bond donors (Lipinski definition) is 3. The van der Waals surface area contributed by atoms with E-state index in [9.17, 15) is 4.79 Å². The molecule has 0 bridgehead atoms. The summed E-state index contributed by atoms with van der Waals surface area (Å²) < 4.78 is 0. The maximum Gasteiger partial charge on any atom is 0.321 e. The fraction of sp³-hybridized carbons (Fsp3) is 0.450. The molecule has 1 fully saturated rings. The van der Waals surface area contributed by atoms with Crippen LogP contribution in [0.3, 0.4) is 0 Å². The number of carbonyl (C=O) groups excluding carboxylic acids is 1. The predicted octanol–water partition coefficient (Wildman–Crippen LogP) is 3.82. The standard InChI is InChI=1S/C20H28N6OS.HI/c1-3-17-13-22-18(28-17)14-24-19(21-2)23-12-15-7-6-8-16(11-15)25-20(27)26-9-4-5-10-26;/h6-8,11,13H,3-5,9-10,12,14H2,1-2H3,(H,25,27)(H2,21,23,24);1H. The van der Waals surface area contributed by atoms with E-state index in [-0.39, 0.29) is 30.0 Å². The minimum atomic E-state index is -0.0185. The van der Waals surface area contributed by atoms with Crippen molar-refractivity contribution in [1.29, 1.82) is 0 Å². The molecule has 0 radical (unpaired) electrons. The molecule has 0 saturated carbocycles. The number of urea groups is 1. The molecule has 1 aromatic carbocycles. The van der Waals surface area contributed by atoms with Gasteiger partial charge >= 0.3 is 6.03 Å². The van der Waals surface area contributed by atoms with Crippen molar-refractivity contribution in [2.45, 2.75) is 39.3 Å². The Hall–Kier alpha value is -1.88. The van der Waals surface area contributed by atoms with E-state index in [0.29, 0.717) is 13.1 Å². The van der Waals surface area contributed by atoms with Crippen molar-refractivity contribution in [2.24, 2.45) is 4.99 Å². The van der Waals surface area contributed by atoms with Gasteiger partial charge in [-0.1, -0.05) is 19.1 Å². The number of guanidine groups is 1. The summed E-state index contributed by atoms with van der Waals surface area (Å²) in [6.45, 7) is 5.08. The van der Waals surface area contributed by atoms with Gasteiger partial charge in [0.05, 0.1) is 6.54 Å². The van der Waals surface area contributed by atoms with E-state index in [1.807, 2.05) is 35.4 Å². The number of benzene rings is 1. The van der Waals surface area contributed by atoms with Crippen LogP contribution in [0.15, 0.2) is 35.5 Å². The molecule has 2 amide bonds. The quantitative estimate of drug-likeness (QED) is 0.303. The third-order valence-electron chi connectivity index (χ3n) is 4.61. The van der Waals surface area contributed by atoms with Gasteiger partial charge in [-0.3, -0.25) is 4.99 Å². The van der Waals surface area contributed by atoms with E-state index in [2.05, 4.69) is 32.9 Å². The summed E-state index contributed by atoms with van der Waals surface area (Å²) in [4.78, 5) is 24.1. The molecule has 9 heteroatoms. The Bertz CT molecular complexity index is 819. The SMILES string of the molecule is CCc1cnc(CNC(=NC)NCc2cccc(NC(=O)N3CCCC3)c2)s1.I. The number of amides is 2. The average molecular weight is 528 g/mol. The highest BCUT2D eigenvalue weighted by Gasteiger charge is 2.17. The molecule has 0 spiro atoms. The lowest BCUT2D eigenvalue weighted by Crippen LogP contribution is -2.36. The normalized spacial score (nSPS) is 13.7. The van der Waals surface area contributed by atoms with Gasteiger partial charge in [0.2, 0.25) is 0 Å². The number of likely N-dealkylation sites (tertiary alicyclic amines) is 1. The molecule has 0 unspecified atom stereocenters. The first-order valence-corrected chi connectivity index (χ1v) is 10.5. The zero-order valence-electron chi connectivity index (χ0n) is 16.9. The molecule has 1 aliphatic heterocycles. The second-order valence-corrected chi connectivity index (χ2v) is 7.88. The number of rotatable bonds is 6. The first-order chi connectivity index (χ1) is 13.7. The highest BCUT2D eigenvalue weighted by molar-refractivity contribution is 14.0. The number of aliphatic imine (C=N–C) groups is 1. The molecule has 1 aromatic heterocycles. The third kappa shape index (κ3) is 7.14. The van der Waals surface area contributed by atoms with E-state index in [0.717, 1.165) is 54.6 Å². The molecule has 1 aliphatic rings. The zero-order valence-corrected chi connectivity index (χ0v) is 20.0. The van der Waals surface area contributed by atoms with Gasteiger partial charge in [0.15, 0.2) is 5.96 Å². The van der Waals surface area contributed by atoms with Gasteiger partial charge in [-0.25, -0.2) is 9.78 Å². The van der Waals surface area contributed by atoms with Crippen molar-refractivity contribution in [3.05, 3.63) is 45.9 Å². The van der Waals surface area contributed by atoms with E-state index in [4.69, 9.17) is 0 Å². The molecule has 158 valence electrons. The summed E-state index contributed by atoms with van der Waals surface area (Å²) in [6, 6.07) is 7.87. The van der Waals surface area contributed by atoms with Crippen molar-refractivity contribution in [1.82, 2.24) is 20.5 Å². The van der Waals surface area contributed by atoms with E-state index in [1.165, 1.54) is 4.88 Å². The van der Waals surface area contributed by atoms with Crippen LogP contribution in [0, 0.1) is 0 Å². The number of hydrogen-bond acceptors (Lipinski definition) is 4. The molecule has 2 heterocycles. The molecular weight excluding hydrogens is 499 g/mol. The van der Waals surface area contributed by atoms with Gasteiger partial charge in [-0.2, -0.15) is 0 Å². The van der Waals surface area contributed by atoms with Crippen molar-refractivity contribution >= 4 is 53.0 Å². The van der Waals surface area contributed by atoms with Gasteiger partial charge in [0.25, 0.3) is 0 Å². The van der Waals surface area contributed by atoms with Crippen molar-refractivity contribution in [2.75, 3.05) is 25.5 Å². The summed E-state index contributed by atoms with van der Waals surface area (Å²) in [5.41, 5.74) is 1.89. The lowest BCUT2D eigenvalue weighted by molar-refractivity contribution is 0.222. The summed E-state index contributed by atoms with van der Waals surface area (Å²) >= 11 is 1.72. The average Bonchev–Trinajstić information content (AvgIpc) is 3.40. The van der Waals surface area contributed by atoms with Gasteiger partial charge in [-0.15, -0.1) is 35.3 Å². The minimum Gasteiger partial charge on any atom is -0.352 e. The van der Waals surface area contributed by atoms with Crippen LogP contribution in [-0.2, 0) is 19.5 Å². The molecule has 3 rings (SSSR count). The third-order valence-corrected chi connectivity index (χ3v) is 5.75. The van der Waals surface area contributed by atoms with Crippen LogP contribution < -0.4 is 16.0 Å². The summed E-state index contributed by atoms with van der Waals surface area (Å²) in [5.74, 6) is 0.722. The van der Waals surface area contributed by atoms with Crippen molar-refractivity contribution in [3.63, 3.8) is 0 Å². The summed E-state index contributed by atoms with van der Waals surface area (Å²) in [7, 11) is 1.75. The summed E-state index contributed by atoms with van der Waals surface area (Å²) in [5, 5.41) is 10.6. The van der Waals surface area contributed by atoms with Gasteiger partial charge in [0.1, 0.15) is 5.01 Å². The van der Waals surface area contributed by atoms with Crippen LogP contribution in [0.5, 0.6) is 0 Å². The van der Waals surface area contributed by atoms with Gasteiger partial charge < -0.3 is 20.9 Å². The number of carbonyl (C=O) groups is 1. The fourth-order valence-electron chi connectivity index (χ4n) is 3.04. The lowest BCUT2D eigenvalue weighted by Gasteiger charge is -2.17. The Morgan fingerprint density at radius 3 is 2.69 bits per heavy atom. The van der Waals surface area contributed by atoms with E-state index < -0.39 is 0 Å². The highest BCUT2D eigenvalue weighted by Crippen LogP contribution is 2.15. The number of thiazole rings is 1. The number of aryl methyl sites for hydroxylation is 1. The maximum atomic E-state index is 12.2. The maximum absolute atomic E-state index is 12.2. The Labute approximate surface area is 193 Å². The highest BCUT2D eigenvalue weighted by atomic mass is 127. The zero-order chi connectivity index (χ0) is 19.8. The number of aromatic nitrogens is 1. The smallest absolute Gasteiger partial charge is 0.321 e. The van der Waals surface area contributed by atoms with Crippen molar-refractivity contribution < 1.29 is 4.79 Å². The Morgan fingerprint density at radius 2 is 2.00 bits per heavy atom. The lowest BCUT2D eigenvalue weighted by atomic mass is 10.2. The first kappa shape index (κ1) is 23.4. The number of nitrogens with zero attached hydrogens (tertiary/aromatic N) is 3. The van der Waals surface area contributed by atoms with Crippen LogP contribution in [0.4, 0.5) is 10.5 Å². The van der Waals surface area contributed by atoms with Crippen LogP contribution in [-0.4, -0.2) is 42.0 Å². The minimum absolute atomic E-state index is 0. The Kier molecular flexibility index (Phi) is 9.65. The number of nitrogens with one attached hydrogen (secondary N) is 3. The van der Waals surface area contributed by atoms with Gasteiger partial charge in [0, 0.05) is 43.4 Å². The van der Waals surface area contributed by atoms with Crippen molar-refractivity contribution in [3.8, 4) is 0 Å². The van der Waals surface area contributed by atoms with Crippen LogP contribution >= 0.6 is 35.3 Å². The van der Waals surface area contributed by atoms with Crippen LogP contribution in [0.1, 0.15) is 35.2 Å². The van der Waals surface area contributed by atoms with Crippen LogP contribution in [0.2, 0.25) is 0 Å².